The molecule has 0 fully saturated rings. The minimum absolute atomic E-state index is 0.199. The first kappa shape index (κ1) is 12.9. The fraction of sp³-hybridized carbons (Fsp3) is 0.900. The molecular formula is C10H21O3. The van der Waals surface area contributed by atoms with Crippen molar-refractivity contribution in [2.24, 2.45) is 0 Å². The SMILES string of the molecule is CCC[CH]OC(C)OC(C)OCC. The molecule has 0 saturated carbocycles. The lowest BCUT2D eigenvalue weighted by molar-refractivity contribution is -0.220. The molecule has 2 atom stereocenters. The number of hydrogen-bond donors (Lipinski definition) is 0. The first-order valence-corrected chi connectivity index (χ1v) is 4.94. The molecule has 3 heteroatoms. The Balaban J connectivity index is 3.32. The van der Waals surface area contributed by atoms with Gasteiger partial charge in [-0.05, 0) is 27.2 Å². The van der Waals surface area contributed by atoms with Crippen LogP contribution in [0.5, 0.6) is 0 Å². The summed E-state index contributed by atoms with van der Waals surface area (Å²) < 4.78 is 15.8. The predicted octanol–water partition coefficient (Wildman–Crippen LogP) is 2.71. The third-order valence-corrected chi connectivity index (χ3v) is 1.48. The zero-order valence-corrected chi connectivity index (χ0v) is 9.08. The van der Waals surface area contributed by atoms with Crippen LogP contribution in [0.3, 0.4) is 0 Å². The van der Waals surface area contributed by atoms with Crippen LogP contribution >= 0.6 is 0 Å². The van der Waals surface area contributed by atoms with Crippen molar-refractivity contribution in [2.45, 2.75) is 53.1 Å². The molecule has 1 radical (unpaired) electrons. The maximum Gasteiger partial charge on any atom is 0.158 e. The van der Waals surface area contributed by atoms with Gasteiger partial charge in [0.2, 0.25) is 0 Å². The van der Waals surface area contributed by atoms with Crippen molar-refractivity contribution < 1.29 is 14.2 Å². The average molecular weight is 189 g/mol. The normalized spacial score (nSPS) is 15.7. The molecule has 0 bridgehead atoms. The monoisotopic (exact) mass is 189 g/mol. The van der Waals surface area contributed by atoms with Gasteiger partial charge in [0, 0.05) is 6.61 Å². The summed E-state index contributed by atoms with van der Waals surface area (Å²) in [4.78, 5) is 0. The Morgan fingerprint density at radius 1 is 1.15 bits per heavy atom. The second-order valence-corrected chi connectivity index (χ2v) is 2.82. The van der Waals surface area contributed by atoms with Crippen molar-refractivity contribution in [3.63, 3.8) is 0 Å². The minimum atomic E-state index is -0.229. The Hall–Kier alpha value is -0.120. The molecule has 0 N–H and O–H groups in total. The highest BCUT2D eigenvalue weighted by Crippen LogP contribution is 2.04. The van der Waals surface area contributed by atoms with Gasteiger partial charge in [0.1, 0.15) is 0 Å². The molecule has 0 aliphatic carbocycles. The van der Waals surface area contributed by atoms with Gasteiger partial charge in [0.15, 0.2) is 12.6 Å². The fourth-order valence-corrected chi connectivity index (χ4v) is 0.897. The molecule has 0 rings (SSSR count). The molecule has 0 saturated heterocycles. The van der Waals surface area contributed by atoms with E-state index >= 15 is 0 Å². The largest absolute Gasteiger partial charge is 0.353 e. The molecule has 0 aromatic rings. The highest BCUT2D eigenvalue weighted by atomic mass is 16.8. The van der Waals surface area contributed by atoms with E-state index in [2.05, 4.69) is 6.92 Å². The van der Waals surface area contributed by atoms with Gasteiger partial charge in [-0.1, -0.05) is 13.3 Å². The van der Waals surface area contributed by atoms with E-state index in [-0.39, 0.29) is 12.6 Å². The zero-order chi connectivity index (χ0) is 10.1. The number of hydrogen-bond acceptors (Lipinski definition) is 3. The average Bonchev–Trinajstić information content (AvgIpc) is 2.05. The summed E-state index contributed by atoms with van der Waals surface area (Å²) in [5, 5.41) is 0. The molecule has 0 aliphatic rings. The molecule has 0 aromatic carbocycles. The van der Waals surface area contributed by atoms with Gasteiger partial charge in [-0.2, -0.15) is 0 Å². The fourth-order valence-electron chi connectivity index (χ4n) is 0.897. The topological polar surface area (TPSA) is 27.7 Å². The predicted molar refractivity (Wildman–Crippen MR) is 51.9 cm³/mol. The van der Waals surface area contributed by atoms with Crippen molar-refractivity contribution >= 4 is 0 Å². The van der Waals surface area contributed by atoms with Crippen LogP contribution in [0.4, 0.5) is 0 Å². The molecule has 79 valence electrons. The lowest BCUT2D eigenvalue weighted by Crippen LogP contribution is -2.21. The standard InChI is InChI=1S/C10H21O3/c1-5-7-8-12-10(4)13-9(3)11-6-2/h8-10H,5-7H2,1-4H3. The molecule has 0 heterocycles. The van der Waals surface area contributed by atoms with Crippen LogP contribution in [0.25, 0.3) is 0 Å². The van der Waals surface area contributed by atoms with Crippen LogP contribution in [0, 0.1) is 6.61 Å². The summed E-state index contributed by atoms with van der Waals surface area (Å²) in [6.07, 6.45) is 1.62. The van der Waals surface area contributed by atoms with E-state index in [4.69, 9.17) is 14.2 Å². The number of ether oxygens (including phenoxy) is 3. The van der Waals surface area contributed by atoms with Crippen molar-refractivity contribution in [3.8, 4) is 0 Å². The number of rotatable bonds is 8. The number of unbranched alkanes of at least 4 members (excludes halogenated alkanes) is 1. The van der Waals surface area contributed by atoms with Crippen LogP contribution in [-0.2, 0) is 14.2 Å². The maximum absolute atomic E-state index is 5.36. The summed E-state index contributed by atoms with van der Waals surface area (Å²) >= 11 is 0. The van der Waals surface area contributed by atoms with Gasteiger partial charge < -0.3 is 14.2 Å². The van der Waals surface area contributed by atoms with Gasteiger partial charge in [-0.25, -0.2) is 0 Å². The lowest BCUT2D eigenvalue weighted by Gasteiger charge is -2.18. The molecule has 0 aromatic heterocycles. The highest BCUT2D eigenvalue weighted by Gasteiger charge is 2.07. The van der Waals surface area contributed by atoms with Crippen molar-refractivity contribution in [3.05, 3.63) is 6.61 Å². The van der Waals surface area contributed by atoms with Crippen molar-refractivity contribution in [1.82, 2.24) is 0 Å². The summed E-state index contributed by atoms with van der Waals surface area (Å²) in [6, 6.07) is 0. The van der Waals surface area contributed by atoms with Crippen LogP contribution in [0.2, 0.25) is 0 Å². The van der Waals surface area contributed by atoms with E-state index in [1.165, 1.54) is 0 Å². The van der Waals surface area contributed by atoms with Gasteiger partial charge in [-0.3, -0.25) is 0 Å². The van der Waals surface area contributed by atoms with E-state index < -0.39 is 0 Å². The third kappa shape index (κ3) is 8.22. The molecule has 0 amide bonds. The van der Waals surface area contributed by atoms with E-state index in [0.29, 0.717) is 6.61 Å². The molecule has 2 unspecified atom stereocenters. The minimum Gasteiger partial charge on any atom is -0.353 e. The van der Waals surface area contributed by atoms with Gasteiger partial charge in [0.25, 0.3) is 0 Å². The van der Waals surface area contributed by atoms with Crippen LogP contribution in [0.15, 0.2) is 0 Å². The Morgan fingerprint density at radius 3 is 2.38 bits per heavy atom. The molecule has 0 aliphatic heterocycles. The Kier molecular flexibility index (Phi) is 8.40. The van der Waals surface area contributed by atoms with Gasteiger partial charge >= 0.3 is 0 Å². The van der Waals surface area contributed by atoms with Gasteiger partial charge in [-0.15, -0.1) is 0 Å². The van der Waals surface area contributed by atoms with Crippen LogP contribution < -0.4 is 0 Å². The second kappa shape index (κ2) is 8.48. The van der Waals surface area contributed by atoms with Crippen LogP contribution in [-0.4, -0.2) is 19.2 Å². The highest BCUT2D eigenvalue weighted by molar-refractivity contribution is 4.49. The summed E-state index contributed by atoms with van der Waals surface area (Å²) in [5.41, 5.74) is 0. The van der Waals surface area contributed by atoms with Gasteiger partial charge in [0.05, 0.1) is 6.61 Å². The van der Waals surface area contributed by atoms with E-state index in [1.54, 1.807) is 6.61 Å². The summed E-state index contributed by atoms with van der Waals surface area (Å²) in [5.74, 6) is 0. The smallest absolute Gasteiger partial charge is 0.158 e. The lowest BCUT2D eigenvalue weighted by atomic mass is 10.4. The van der Waals surface area contributed by atoms with Crippen LogP contribution in [0.1, 0.15) is 40.5 Å². The third-order valence-electron chi connectivity index (χ3n) is 1.48. The Morgan fingerprint density at radius 2 is 1.85 bits per heavy atom. The molecular weight excluding hydrogens is 168 g/mol. The van der Waals surface area contributed by atoms with Crippen molar-refractivity contribution in [1.29, 1.82) is 0 Å². The summed E-state index contributed by atoms with van der Waals surface area (Å²) in [7, 11) is 0. The first-order chi connectivity index (χ1) is 6.20. The molecule has 0 spiro atoms. The molecule has 3 nitrogen and oxygen atoms in total. The van der Waals surface area contributed by atoms with E-state index in [9.17, 15) is 0 Å². The van der Waals surface area contributed by atoms with Crippen molar-refractivity contribution in [2.75, 3.05) is 6.61 Å². The molecule has 13 heavy (non-hydrogen) atoms. The quantitative estimate of drug-likeness (QED) is 0.434. The Bertz CT molecular complexity index is 106. The summed E-state index contributed by atoms with van der Waals surface area (Å²) in [6.45, 7) is 10.2. The Labute approximate surface area is 81.4 Å². The zero-order valence-electron chi connectivity index (χ0n) is 9.08. The second-order valence-electron chi connectivity index (χ2n) is 2.82. The maximum atomic E-state index is 5.36. The first-order valence-electron chi connectivity index (χ1n) is 4.94. The van der Waals surface area contributed by atoms with E-state index in [0.717, 1.165) is 12.8 Å². The van der Waals surface area contributed by atoms with E-state index in [1.807, 2.05) is 20.8 Å².